The first-order valence-corrected chi connectivity index (χ1v) is 23.2. The lowest BCUT2D eigenvalue weighted by Gasteiger charge is -2.26. The normalized spacial score (nSPS) is 12.2. The number of aromatic nitrogens is 4. The molecule has 0 fully saturated rings. The van der Waals surface area contributed by atoms with Crippen LogP contribution in [0, 0.1) is 0 Å². The van der Waals surface area contributed by atoms with E-state index < -0.39 is 10.0 Å². The summed E-state index contributed by atoms with van der Waals surface area (Å²) in [6.45, 7) is 0. The molecule has 11 aromatic rings. The average molecular weight is 791 g/mol. The molecule has 5 heteroatoms. The van der Waals surface area contributed by atoms with Gasteiger partial charge in [0.2, 0.25) is 0 Å². The molecule has 8 aromatic carbocycles. The fourth-order valence-corrected chi connectivity index (χ4v) is 9.66. The maximum atomic E-state index is 5.09. The lowest BCUT2D eigenvalue weighted by molar-refractivity contribution is 1.16. The Bertz CT molecular complexity index is 3320. The second-order valence-corrected chi connectivity index (χ2v) is 20.4. The van der Waals surface area contributed by atoms with Gasteiger partial charge in [0.05, 0.1) is 33.5 Å². The van der Waals surface area contributed by atoms with Gasteiger partial charge in [-0.05, 0) is 120 Å². The summed E-state index contributed by atoms with van der Waals surface area (Å²) in [6, 6.07) is 72.0. The predicted octanol–water partition coefficient (Wildman–Crippen LogP) is 14.4. The molecule has 0 saturated carbocycles. The van der Waals surface area contributed by atoms with Crippen molar-refractivity contribution in [2.75, 3.05) is 18.8 Å². The highest BCUT2D eigenvalue weighted by Gasteiger charge is 2.18. The number of para-hydroxylation sites is 2. The lowest BCUT2D eigenvalue weighted by atomic mass is 10.0. The van der Waals surface area contributed by atoms with Crippen LogP contribution in [0.25, 0.3) is 100 Å². The minimum absolute atomic E-state index is 0.700. The van der Waals surface area contributed by atoms with Crippen LogP contribution in [0.15, 0.2) is 205 Å². The number of benzene rings is 8. The molecular weight excluding hydrogens is 749 g/mol. The van der Waals surface area contributed by atoms with Crippen molar-refractivity contribution >= 4 is 53.6 Å². The third-order valence-corrected chi connectivity index (χ3v) is 13.4. The van der Waals surface area contributed by atoms with Gasteiger partial charge >= 0.3 is 0 Å². The Labute approximate surface area is 351 Å². The first kappa shape index (κ1) is 35.9. The SMILES string of the molecule is CS(C)(C)c1ccc(-n2c3ccccc3c3cc(-c4ccc5c6ccccc6n(-c6ccc(-c7nc(-c8ccccc8)cc(-c8ccccc8)n7)cc6)c5c4)ccc32)cc1. The van der Waals surface area contributed by atoms with E-state index in [-0.39, 0.29) is 0 Å². The third kappa shape index (κ3) is 6.18. The summed E-state index contributed by atoms with van der Waals surface area (Å²) in [7, 11) is -0.805. The van der Waals surface area contributed by atoms with Crippen LogP contribution < -0.4 is 0 Å². The van der Waals surface area contributed by atoms with E-state index in [1.54, 1.807) is 0 Å². The van der Waals surface area contributed by atoms with Crippen molar-refractivity contribution in [2.45, 2.75) is 4.90 Å². The van der Waals surface area contributed by atoms with Crippen LogP contribution in [0.2, 0.25) is 0 Å². The molecule has 0 aliphatic carbocycles. The molecule has 0 aliphatic heterocycles. The Balaban J connectivity index is 1.02. The molecule has 11 rings (SSSR count). The topological polar surface area (TPSA) is 35.6 Å². The summed E-state index contributed by atoms with van der Waals surface area (Å²) in [5, 5.41) is 4.96. The smallest absolute Gasteiger partial charge is 0.160 e. The molecule has 60 heavy (non-hydrogen) atoms. The van der Waals surface area contributed by atoms with E-state index in [4.69, 9.17) is 9.97 Å². The van der Waals surface area contributed by atoms with E-state index in [1.807, 2.05) is 12.1 Å². The monoisotopic (exact) mass is 790 g/mol. The van der Waals surface area contributed by atoms with Crippen LogP contribution in [0.5, 0.6) is 0 Å². The summed E-state index contributed by atoms with van der Waals surface area (Å²) in [5.41, 5.74) is 14.3. The first-order chi connectivity index (χ1) is 29.4. The highest BCUT2D eigenvalue weighted by atomic mass is 32.3. The Morgan fingerprint density at radius 3 is 1.38 bits per heavy atom. The molecule has 3 aromatic heterocycles. The van der Waals surface area contributed by atoms with Gasteiger partial charge in [-0.1, -0.05) is 115 Å². The molecule has 0 aliphatic rings. The van der Waals surface area contributed by atoms with Crippen molar-refractivity contribution in [3.8, 4) is 56.4 Å². The van der Waals surface area contributed by atoms with Crippen molar-refractivity contribution in [3.05, 3.63) is 200 Å². The summed E-state index contributed by atoms with van der Waals surface area (Å²) in [4.78, 5) is 11.6. The van der Waals surface area contributed by atoms with E-state index >= 15 is 0 Å². The molecule has 0 saturated heterocycles. The standard InChI is InChI=1S/C55H42N4S/c1-60(2,3)44-30-28-43(29-31-44)58-52-21-13-11-19-46(52)48-34-40(25-33-53(48)58)41-24-32-47-45-18-10-12-20-51(45)59(54(47)35-41)42-26-22-39(23-27-42)55-56-49(37-14-6-4-7-15-37)36-50(57-55)38-16-8-5-9-17-38/h4-36H,1-3H3. The van der Waals surface area contributed by atoms with Crippen molar-refractivity contribution in [3.63, 3.8) is 0 Å². The molecule has 288 valence electrons. The van der Waals surface area contributed by atoms with Crippen LogP contribution in [-0.2, 0) is 0 Å². The zero-order valence-corrected chi connectivity index (χ0v) is 34.6. The van der Waals surface area contributed by atoms with Gasteiger partial charge in [-0.2, -0.15) is 0 Å². The molecule has 0 N–H and O–H groups in total. The molecule has 0 amide bonds. The quantitative estimate of drug-likeness (QED) is 0.161. The van der Waals surface area contributed by atoms with Gasteiger partial charge in [-0.15, -0.1) is 0 Å². The molecule has 4 nitrogen and oxygen atoms in total. The summed E-state index contributed by atoms with van der Waals surface area (Å²) < 4.78 is 4.80. The average Bonchev–Trinajstić information content (AvgIpc) is 3.81. The number of hydrogen-bond acceptors (Lipinski definition) is 2. The van der Waals surface area contributed by atoms with Gasteiger partial charge in [-0.25, -0.2) is 20.0 Å². The zero-order chi connectivity index (χ0) is 40.4. The summed E-state index contributed by atoms with van der Waals surface area (Å²) >= 11 is 0. The van der Waals surface area contributed by atoms with Crippen molar-refractivity contribution in [1.29, 1.82) is 0 Å². The third-order valence-electron chi connectivity index (χ3n) is 11.7. The second-order valence-electron chi connectivity index (χ2n) is 16.2. The Kier molecular flexibility index (Phi) is 8.54. The summed E-state index contributed by atoms with van der Waals surface area (Å²) in [6.07, 6.45) is 7.04. The number of rotatable bonds is 7. The number of nitrogens with zero attached hydrogens (tertiary/aromatic N) is 4. The minimum atomic E-state index is -0.805. The van der Waals surface area contributed by atoms with Crippen LogP contribution >= 0.6 is 10.0 Å². The van der Waals surface area contributed by atoms with Gasteiger partial charge in [0, 0.05) is 49.6 Å². The second kappa shape index (κ2) is 14.3. The Morgan fingerprint density at radius 2 is 0.783 bits per heavy atom. The molecule has 0 unspecified atom stereocenters. The number of fused-ring (bicyclic) bond motifs is 6. The Morgan fingerprint density at radius 1 is 0.333 bits per heavy atom. The van der Waals surface area contributed by atoms with Gasteiger partial charge in [0.15, 0.2) is 5.82 Å². The molecule has 0 bridgehead atoms. The molecular formula is C55H42N4S. The van der Waals surface area contributed by atoms with Gasteiger partial charge in [-0.3, -0.25) is 0 Å². The number of hydrogen-bond donors (Lipinski definition) is 0. The van der Waals surface area contributed by atoms with Gasteiger partial charge in [0.25, 0.3) is 0 Å². The fraction of sp³-hybridized carbons (Fsp3) is 0.0545. The van der Waals surface area contributed by atoms with Crippen LogP contribution in [-0.4, -0.2) is 37.9 Å². The zero-order valence-electron chi connectivity index (χ0n) is 33.7. The van der Waals surface area contributed by atoms with Crippen molar-refractivity contribution in [1.82, 2.24) is 19.1 Å². The van der Waals surface area contributed by atoms with Crippen LogP contribution in [0.1, 0.15) is 0 Å². The maximum absolute atomic E-state index is 5.09. The first-order valence-electron chi connectivity index (χ1n) is 20.3. The highest BCUT2D eigenvalue weighted by molar-refractivity contribution is 8.32. The Hall–Kier alpha value is -7.21. The van der Waals surface area contributed by atoms with E-state index in [1.165, 1.54) is 65.3 Å². The van der Waals surface area contributed by atoms with E-state index in [9.17, 15) is 0 Å². The molecule has 3 heterocycles. The molecule has 0 spiro atoms. The predicted molar refractivity (Wildman–Crippen MR) is 256 cm³/mol. The highest BCUT2D eigenvalue weighted by Crippen LogP contribution is 2.45. The molecule has 0 atom stereocenters. The van der Waals surface area contributed by atoms with Gasteiger partial charge in [0.1, 0.15) is 0 Å². The van der Waals surface area contributed by atoms with Crippen molar-refractivity contribution in [2.24, 2.45) is 0 Å². The van der Waals surface area contributed by atoms with E-state index in [0.29, 0.717) is 5.82 Å². The fourth-order valence-electron chi connectivity index (χ4n) is 8.71. The molecule has 0 radical (unpaired) electrons. The lowest BCUT2D eigenvalue weighted by Crippen LogP contribution is -1.97. The summed E-state index contributed by atoms with van der Waals surface area (Å²) in [5.74, 6) is 0.700. The van der Waals surface area contributed by atoms with E-state index in [0.717, 1.165) is 33.8 Å². The van der Waals surface area contributed by atoms with Gasteiger partial charge < -0.3 is 9.13 Å². The largest absolute Gasteiger partial charge is 0.309 e. The van der Waals surface area contributed by atoms with Crippen LogP contribution in [0.3, 0.4) is 0 Å². The van der Waals surface area contributed by atoms with E-state index in [2.05, 4.69) is 216 Å². The minimum Gasteiger partial charge on any atom is -0.309 e. The maximum Gasteiger partial charge on any atom is 0.160 e. The van der Waals surface area contributed by atoms with Crippen LogP contribution in [0.4, 0.5) is 0 Å². The van der Waals surface area contributed by atoms with Crippen molar-refractivity contribution < 1.29 is 0 Å².